The minimum Gasteiger partial charge on any atom is -0.477 e. The van der Waals surface area contributed by atoms with Crippen molar-refractivity contribution in [2.24, 2.45) is 0 Å². The second-order valence-electron chi connectivity index (χ2n) is 5.16. The van der Waals surface area contributed by atoms with Crippen molar-refractivity contribution in [3.05, 3.63) is 35.7 Å². The van der Waals surface area contributed by atoms with Crippen molar-refractivity contribution in [3.8, 4) is 5.88 Å². The predicted octanol–water partition coefficient (Wildman–Crippen LogP) is 2.20. The molecule has 0 fully saturated rings. The van der Waals surface area contributed by atoms with Crippen molar-refractivity contribution >= 4 is 5.91 Å². The minimum atomic E-state index is -0.0794. The van der Waals surface area contributed by atoms with E-state index in [4.69, 9.17) is 9.15 Å². The summed E-state index contributed by atoms with van der Waals surface area (Å²) in [5.41, 5.74) is 0.866. The third kappa shape index (κ3) is 5.69. The lowest BCUT2D eigenvalue weighted by atomic mass is 10.2. The van der Waals surface area contributed by atoms with Crippen molar-refractivity contribution in [3.63, 3.8) is 0 Å². The first kappa shape index (κ1) is 16.9. The van der Waals surface area contributed by atoms with E-state index in [0.29, 0.717) is 43.7 Å². The van der Waals surface area contributed by atoms with Crippen LogP contribution in [-0.2, 0) is 17.8 Å². The fourth-order valence-electron chi connectivity index (χ4n) is 1.94. The number of aromatic nitrogens is 3. The number of hydrogen-bond donors (Lipinski definition) is 1. The normalized spacial score (nSPS) is 10.5. The van der Waals surface area contributed by atoms with Crippen LogP contribution in [0.3, 0.4) is 0 Å². The molecule has 2 rings (SSSR count). The van der Waals surface area contributed by atoms with Gasteiger partial charge in [0.05, 0.1) is 6.61 Å². The zero-order valence-corrected chi connectivity index (χ0v) is 13.5. The summed E-state index contributed by atoms with van der Waals surface area (Å²) in [4.78, 5) is 16.1. The van der Waals surface area contributed by atoms with Gasteiger partial charge in [0.2, 0.25) is 23.6 Å². The molecule has 0 spiro atoms. The zero-order valence-electron chi connectivity index (χ0n) is 13.5. The number of amides is 1. The number of nitrogens with one attached hydrogen (secondary N) is 1. The molecular weight excluding hydrogens is 296 g/mol. The van der Waals surface area contributed by atoms with Crippen LogP contribution in [0.25, 0.3) is 0 Å². The fourth-order valence-corrected chi connectivity index (χ4v) is 1.94. The van der Waals surface area contributed by atoms with E-state index in [2.05, 4.69) is 27.4 Å². The first-order valence-electron chi connectivity index (χ1n) is 7.81. The summed E-state index contributed by atoms with van der Waals surface area (Å²) in [6.45, 7) is 4.84. The summed E-state index contributed by atoms with van der Waals surface area (Å²) < 4.78 is 10.9. The fraction of sp³-hybridized carbons (Fsp3) is 0.500. The molecule has 1 N–H and O–H groups in total. The Morgan fingerprint density at radius 3 is 3.00 bits per heavy atom. The van der Waals surface area contributed by atoms with E-state index < -0.39 is 0 Å². The van der Waals surface area contributed by atoms with E-state index in [9.17, 15) is 4.79 Å². The maximum atomic E-state index is 11.9. The lowest BCUT2D eigenvalue weighted by Gasteiger charge is -2.10. The number of carbonyl (C=O) groups excluding carboxylic acids is 1. The van der Waals surface area contributed by atoms with Crippen molar-refractivity contribution < 1.29 is 13.9 Å². The number of nitrogens with zero attached hydrogens (tertiary/aromatic N) is 3. The van der Waals surface area contributed by atoms with E-state index in [0.717, 1.165) is 18.4 Å². The van der Waals surface area contributed by atoms with Crippen LogP contribution in [0.15, 0.2) is 22.7 Å². The van der Waals surface area contributed by atoms with Crippen LogP contribution in [0.5, 0.6) is 5.88 Å². The Bertz CT molecular complexity index is 627. The van der Waals surface area contributed by atoms with Gasteiger partial charge in [0.15, 0.2) is 0 Å². The first-order valence-corrected chi connectivity index (χ1v) is 7.81. The molecule has 23 heavy (non-hydrogen) atoms. The van der Waals surface area contributed by atoms with Crippen LogP contribution in [0.4, 0.5) is 0 Å². The maximum Gasteiger partial charge on any atom is 0.220 e. The molecule has 124 valence electrons. The Kier molecular flexibility index (Phi) is 6.53. The molecule has 0 aromatic carbocycles. The van der Waals surface area contributed by atoms with Gasteiger partial charge >= 0.3 is 0 Å². The van der Waals surface area contributed by atoms with Crippen molar-refractivity contribution in [1.82, 2.24) is 20.5 Å². The molecule has 7 nitrogen and oxygen atoms in total. The van der Waals surface area contributed by atoms with Crippen molar-refractivity contribution in [2.75, 3.05) is 6.61 Å². The minimum absolute atomic E-state index is 0.0794. The van der Waals surface area contributed by atoms with Crippen molar-refractivity contribution in [1.29, 1.82) is 0 Å². The summed E-state index contributed by atoms with van der Waals surface area (Å²) in [5, 5.41) is 10.5. The number of aryl methyl sites for hydroxylation is 2. The maximum absolute atomic E-state index is 11.9. The van der Waals surface area contributed by atoms with Gasteiger partial charge in [-0.2, -0.15) is 0 Å². The smallest absolute Gasteiger partial charge is 0.220 e. The van der Waals surface area contributed by atoms with Gasteiger partial charge in [0.25, 0.3) is 0 Å². The van der Waals surface area contributed by atoms with Gasteiger partial charge in [-0.25, -0.2) is 4.98 Å². The number of pyridine rings is 1. The largest absolute Gasteiger partial charge is 0.477 e. The molecule has 0 aliphatic rings. The molecule has 0 aliphatic heterocycles. The zero-order chi connectivity index (χ0) is 16.5. The number of rotatable bonds is 9. The Hall–Kier alpha value is -2.44. The predicted molar refractivity (Wildman–Crippen MR) is 83.8 cm³/mol. The highest BCUT2D eigenvalue weighted by Gasteiger charge is 2.09. The summed E-state index contributed by atoms with van der Waals surface area (Å²) in [6.07, 6.45) is 4.46. The monoisotopic (exact) mass is 318 g/mol. The molecule has 0 atom stereocenters. The third-order valence-corrected chi connectivity index (χ3v) is 3.20. The highest BCUT2D eigenvalue weighted by atomic mass is 16.5. The van der Waals surface area contributed by atoms with Gasteiger partial charge in [-0.15, -0.1) is 10.2 Å². The number of hydrogen-bond acceptors (Lipinski definition) is 6. The van der Waals surface area contributed by atoms with E-state index in [1.807, 2.05) is 12.1 Å². The molecule has 2 heterocycles. The van der Waals surface area contributed by atoms with Gasteiger partial charge in [-0.1, -0.05) is 19.4 Å². The molecule has 0 radical (unpaired) electrons. The molecule has 0 bridgehead atoms. The lowest BCUT2D eigenvalue weighted by Crippen LogP contribution is -2.23. The third-order valence-electron chi connectivity index (χ3n) is 3.20. The van der Waals surface area contributed by atoms with Crippen LogP contribution in [0.1, 0.15) is 43.5 Å². The van der Waals surface area contributed by atoms with Crippen LogP contribution in [0.2, 0.25) is 0 Å². The molecule has 1 amide bonds. The number of ether oxygens (including phenoxy) is 1. The van der Waals surface area contributed by atoms with Crippen LogP contribution in [-0.4, -0.2) is 27.7 Å². The SMILES string of the molecule is CCCCOc1ncccc1CNC(=O)CCc1nnc(C)o1. The van der Waals surface area contributed by atoms with E-state index >= 15 is 0 Å². The molecule has 7 heteroatoms. The average Bonchev–Trinajstić information content (AvgIpc) is 2.98. The lowest BCUT2D eigenvalue weighted by molar-refractivity contribution is -0.121. The topological polar surface area (TPSA) is 90.1 Å². The summed E-state index contributed by atoms with van der Waals surface area (Å²) in [6, 6.07) is 3.73. The van der Waals surface area contributed by atoms with E-state index in [1.165, 1.54) is 0 Å². The number of carbonyl (C=O) groups is 1. The van der Waals surface area contributed by atoms with Gasteiger partial charge in [0, 0.05) is 38.1 Å². The van der Waals surface area contributed by atoms with Crippen LogP contribution < -0.4 is 10.1 Å². The molecule has 0 saturated carbocycles. The number of unbranched alkanes of at least 4 members (excludes halogenated alkanes) is 1. The molecule has 2 aromatic rings. The highest BCUT2D eigenvalue weighted by Crippen LogP contribution is 2.14. The average molecular weight is 318 g/mol. The van der Waals surface area contributed by atoms with E-state index in [1.54, 1.807) is 13.1 Å². The molecular formula is C16H22N4O3. The van der Waals surface area contributed by atoms with Gasteiger partial charge in [0.1, 0.15) is 0 Å². The molecule has 0 unspecified atom stereocenters. The molecule has 2 aromatic heterocycles. The van der Waals surface area contributed by atoms with Gasteiger partial charge < -0.3 is 14.5 Å². The van der Waals surface area contributed by atoms with Crippen LogP contribution >= 0.6 is 0 Å². The standard InChI is InChI=1S/C16H22N4O3/c1-3-4-10-22-16-13(6-5-9-17-16)11-18-14(21)7-8-15-20-19-12(2)23-15/h5-6,9H,3-4,7-8,10-11H2,1-2H3,(H,18,21). The Labute approximate surface area is 135 Å². The summed E-state index contributed by atoms with van der Waals surface area (Å²) in [7, 11) is 0. The van der Waals surface area contributed by atoms with E-state index in [-0.39, 0.29) is 5.91 Å². The Morgan fingerprint density at radius 1 is 1.39 bits per heavy atom. The van der Waals surface area contributed by atoms with Crippen LogP contribution in [0, 0.1) is 6.92 Å². The Balaban J connectivity index is 1.79. The summed E-state index contributed by atoms with van der Waals surface area (Å²) in [5.74, 6) is 1.48. The second kappa shape index (κ2) is 8.87. The van der Waals surface area contributed by atoms with Crippen molar-refractivity contribution in [2.45, 2.75) is 46.1 Å². The Morgan fingerprint density at radius 2 is 2.26 bits per heavy atom. The highest BCUT2D eigenvalue weighted by molar-refractivity contribution is 5.76. The first-order chi connectivity index (χ1) is 11.2. The molecule has 0 aliphatic carbocycles. The summed E-state index contributed by atoms with van der Waals surface area (Å²) >= 11 is 0. The van der Waals surface area contributed by atoms with Gasteiger partial charge in [-0.05, 0) is 12.5 Å². The van der Waals surface area contributed by atoms with Gasteiger partial charge in [-0.3, -0.25) is 4.79 Å². The quantitative estimate of drug-likeness (QED) is 0.713. The molecule has 0 saturated heterocycles. The second-order valence-corrected chi connectivity index (χ2v) is 5.16.